The molecule has 2 aromatic rings. The minimum atomic E-state index is -0.355. The van der Waals surface area contributed by atoms with Gasteiger partial charge < -0.3 is 11.1 Å². The lowest BCUT2D eigenvalue weighted by atomic mass is 10.2. The van der Waals surface area contributed by atoms with Gasteiger partial charge in [0.1, 0.15) is 11.6 Å². The van der Waals surface area contributed by atoms with Gasteiger partial charge in [0.15, 0.2) is 0 Å². The van der Waals surface area contributed by atoms with Crippen LogP contribution in [0.1, 0.15) is 11.5 Å². The van der Waals surface area contributed by atoms with E-state index < -0.39 is 0 Å². The molecule has 0 aliphatic heterocycles. The smallest absolute Gasteiger partial charge is 0.127 e. The zero-order valence-corrected chi connectivity index (χ0v) is 9.44. The first-order chi connectivity index (χ1) is 8.13. The van der Waals surface area contributed by atoms with Crippen molar-refractivity contribution in [2.75, 3.05) is 11.1 Å². The molecule has 4 nitrogen and oxygen atoms in total. The van der Waals surface area contributed by atoms with E-state index in [9.17, 15) is 4.39 Å². The summed E-state index contributed by atoms with van der Waals surface area (Å²) in [6.45, 7) is 2.33. The summed E-state index contributed by atoms with van der Waals surface area (Å²) in [4.78, 5) is 8.24. The van der Waals surface area contributed by atoms with Gasteiger partial charge in [-0.15, -0.1) is 0 Å². The molecule has 1 aromatic carbocycles. The number of aromatic nitrogens is 2. The zero-order chi connectivity index (χ0) is 12.3. The van der Waals surface area contributed by atoms with Gasteiger partial charge >= 0.3 is 0 Å². The summed E-state index contributed by atoms with van der Waals surface area (Å²) in [6, 6.07) is 6.16. The van der Waals surface area contributed by atoms with Crippen molar-refractivity contribution in [1.29, 1.82) is 0 Å². The Morgan fingerprint density at radius 2 is 2.18 bits per heavy atom. The first-order valence-corrected chi connectivity index (χ1v) is 5.22. The average Bonchev–Trinajstić information content (AvgIpc) is 2.25. The minimum absolute atomic E-state index is 0.355. The van der Waals surface area contributed by atoms with Gasteiger partial charge in [0.2, 0.25) is 0 Å². The predicted octanol–water partition coefficient (Wildman–Crippen LogP) is 2.12. The van der Waals surface area contributed by atoms with Crippen LogP contribution in [0.4, 0.5) is 15.8 Å². The molecule has 0 aliphatic rings. The molecule has 0 bridgehead atoms. The van der Waals surface area contributed by atoms with Gasteiger partial charge in [0, 0.05) is 17.6 Å². The monoisotopic (exact) mass is 232 g/mol. The molecule has 0 unspecified atom stereocenters. The van der Waals surface area contributed by atoms with Crippen LogP contribution in [-0.2, 0) is 6.54 Å². The van der Waals surface area contributed by atoms with E-state index in [4.69, 9.17) is 5.73 Å². The number of hydrogen-bond donors (Lipinski definition) is 2. The molecule has 0 radical (unpaired) electrons. The maximum Gasteiger partial charge on any atom is 0.127 e. The van der Waals surface area contributed by atoms with Crippen LogP contribution in [0.25, 0.3) is 0 Å². The molecule has 0 aliphatic carbocycles. The molecule has 0 saturated carbocycles. The quantitative estimate of drug-likeness (QED) is 0.795. The summed E-state index contributed by atoms with van der Waals surface area (Å²) in [6.07, 6.45) is 1.69. The van der Waals surface area contributed by atoms with Crippen molar-refractivity contribution in [3.05, 3.63) is 47.8 Å². The van der Waals surface area contributed by atoms with E-state index in [1.165, 1.54) is 12.1 Å². The predicted molar refractivity (Wildman–Crippen MR) is 64.9 cm³/mol. The van der Waals surface area contributed by atoms with Gasteiger partial charge in [-0.1, -0.05) is 0 Å². The summed E-state index contributed by atoms with van der Waals surface area (Å²) in [5.41, 5.74) is 7.43. The highest BCUT2D eigenvalue weighted by Crippen LogP contribution is 2.15. The lowest BCUT2D eigenvalue weighted by molar-refractivity contribution is 0.629. The largest absolute Gasteiger partial charge is 0.399 e. The van der Waals surface area contributed by atoms with E-state index >= 15 is 0 Å². The van der Waals surface area contributed by atoms with Crippen molar-refractivity contribution in [2.45, 2.75) is 13.5 Å². The molecule has 17 heavy (non-hydrogen) atoms. The number of nitrogens with two attached hydrogens (primary N) is 1. The summed E-state index contributed by atoms with van der Waals surface area (Å²) >= 11 is 0. The summed E-state index contributed by atoms with van der Waals surface area (Å²) < 4.78 is 13.1. The van der Waals surface area contributed by atoms with Crippen LogP contribution in [0.3, 0.4) is 0 Å². The van der Waals surface area contributed by atoms with E-state index in [1.54, 1.807) is 12.3 Å². The van der Waals surface area contributed by atoms with Crippen molar-refractivity contribution in [3.8, 4) is 0 Å². The maximum atomic E-state index is 13.1. The molecule has 0 saturated heterocycles. The van der Waals surface area contributed by atoms with Crippen LogP contribution in [0.2, 0.25) is 0 Å². The molecule has 3 N–H and O–H groups in total. The highest BCUT2D eigenvalue weighted by molar-refractivity contribution is 5.54. The number of aryl methyl sites for hydroxylation is 1. The number of nitrogens with one attached hydrogen (secondary N) is 1. The highest BCUT2D eigenvalue weighted by Gasteiger charge is 1.99. The molecule has 88 valence electrons. The van der Waals surface area contributed by atoms with Gasteiger partial charge in [-0.05, 0) is 31.2 Å². The second-order valence-corrected chi connectivity index (χ2v) is 3.72. The fourth-order valence-electron chi connectivity index (χ4n) is 1.51. The molecule has 5 heteroatoms. The fourth-order valence-corrected chi connectivity index (χ4v) is 1.51. The van der Waals surface area contributed by atoms with E-state index in [2.05, 4.69) is 15.3 Å². The zero-order valence-electron chi connectivity index (χ0n) is 9.44. The Bertz CT molecular complexity index is 507. The third-order valence-corrected chi connectivity index (χ3v) is 2.23. The Kier molecular flexibility index (Phi) is 3.18. The Morgan fingerprint density at radius 3 is 2.88 bits per heavy atom. The Labute approximate surface area is 98.7 Å². The number of benzene rings is 1. The van der Waals surface area contributed by atoms with Crippen LogP contribution in [0.5, 0.6) is 0 Å². The minimum Gasteiger partial charge on any atom is -0.399 e. The average molecular weight is 232 g/mol. The Morgan fingerprint density at radius 1 is 1.35 bits per heavy atom. The summed E-state index contributed by atoms with van der Waals surface area (Å²) in [5, 5.41) is 3.06. The molecule has 1 aromatic heterocycles. The lowest BCUT2D eigenvalue weighted by Crippen LogP contribution is -2.04. The van der Waals surface area contributed by atoms with Crippen molar-refractivity contribution in [3.63, 3.8) is 0 Å². The van der Waals surface area contributed by atoms with Crippen molar-refractivity contribution in [2.24, 2.45) is 0 Å². The SMILES string of the molecule is Cc1nccc(CNc2cc(N)cc(F)c2)n1. The molecule has 2 rings (SSSR count). The second kappa shape index (κ2) is 4.78. The standard InChI is InChI=1S/C12H13FN4/c1-8-15-3-2-11(17-8)7-16-12-5-9(13)4-10(14)6-12/h2-6,16H,7,14H2,1H3. The van der Waals surface area contributed by atoms with E-state index in [-0.39, 0.29) is 5.82 Å². The molecular formula is C12H13FN4. The number of halogens is 1. The lowest BCUT2D eigenvalue weighted by Gasteiger charge is -2.07. The topological polar surface area (TPSA) is 63.8 Å². The molecule has 0 spiro atoms. The number of anilines is 2. The number of hydrogen-bond acceptors (Lipinski definition) is 4. The molecule has 0 fully saturated rings. The normalized spacial score (nSPS) is 10.2. The highest BCUT2D eigenvalue weighted by atomic mass is 19.1. The van der Waals surface area contributed by atoms with Gasteiger partial charge in [-0.3, -0.25) is 0 Å². The van der Waals surface area contributed by atoms with E-state index in [1.807, 2.05) is 13.0 Å². The van der Waals surface area contributed by atoms with E-state index in [0.717, 1.165) is 5.69 Å². The molecule has 0 atom stereocenters. The first kappa shape index (κ1) is 11.3. The third kappa shape index (κ3) is 3.14. The van der Waals surface area contributed by atoms with Crippen LogP contribution in [0.15, 0.2) is 30.5 Å². The van der Waals surface area contributed by atoms with Gasteiger partial charge in [-0.25, -0.2) is 14.4 Å². The van der Waals surface area contributed by atoms with Gasteiger partial charge in [0.25, 0.3) is 0 Å². The molecule has 0 amide bonds. The van der Waals surface area contributed by atoms with Crippen molar-refractivity contribution in [1.82, 2.24) is 9.97 Å². The fraction of sp³-hybridized carbons (Fsp3) is 0.167. The maximum absolute atomic E-state index is 13.1. The van der Waals surface area contributed by atoms with Crippen LogP contribution in [0, 0.1) is 12.7 Å². The van der Waals surface area contributed by atoms with Crippen molar-refractivity contribution >= 4 is 11.4 Å². The van der Waals surface area contributed by atoms with Crippen LogP contribution < -0.4 is 11.1 Å². The number of rotatable bonds is 3. The third-order valence-electron chi connectivity index (χ3n) is 2.23. The van der Waals surface area contributed by atoms with Crippen LogP contribution >= 0.6 is 0 Å². The first-order valence-electron chi connectivity index (χ1n) is 5.22. The van der Waals surface area contributed by atoms with Gasteiger partial charge in [-0.2, -0.15) is 0 Å². The second-order valence-electron chi connectivity index (χ2n) is 3.72. The Hall–Kier alpha value is -2.17. The van der Waals surface area contributed by atoms with Crippen molar-refractivity contribution < 1.29 is 4.39 Å². The van der Waals surface area contributed by atoms with Crippen LogP contribution in [-0.4, -0.2) is 9.97 Å². The van der Waals surface area contributed by atoms with Gasteiger partial charge in [0.05, 0.1) is 12.2 Å². The number of nitrogen functional groups attached to an aromatic ring is 1. The Balaban J connectivity index is 2.07. The summed E-state index contributed by atoms with van der Waals surface area (Å²) in [7, 11) is 0. The number of nitrogens with zero attached hydrogens (tertiary/aromatic N) is 2. The van der Waals surface area contributed by atoms with E-state index in [0.29, 0.717) is 23.7 Å². The molecule has 1 heterocycles. The molecular weight excluding hydrogens is 219 g/mol. The summed E-state index contributed by atoms with van der Waals surface area (Å²) in [5.74, 6) is 0.356.